The summed E-state index contributed by atoms with van der Waals surface area (Å²) in [7, 11) is 1.55. The van der Waals surface area contributed by atoms with E-state index in [1.165, 1.54) is 0 Å². The predicted molar refractivity (Wildman–Crippen MR) is 103 cm³/mol. The van der Waals surface area contributed by atoms with E-state index >= 15 is 0 Å². The van der Waals surface area contributed by atoms with Crippen molar-refractivity contribution in [1.82, 2.24) is 9.97 Å². The minimum absolute atomic E-state index is 0.289. The van der Waals surface area contributed by atoms with Crippen molar-refractivity contribution in [3.8, 4) is 5.75 Å². The Labute approximate surface area is 158 Å². The average Bonchev–Trinajstić information content (AvgIpc) is 2.62. The van der Waals surface area contributed by atoms with Gasteiger partial charge < -0.3 is 15.0 Å². The Morgan fingerprint density at radius 2 is 2.00 bits per heavy atom. The molecule has 3 rings (SSSR count). The number of ether oxygens (including phenoxy) is 1. The van der Waals surface area contributed by atoms with E-state index in [4.69, 9.17) is 16.3 Å². The SMILES string of the molecule is COc1ccc(NC(=O)c2cc(C)nc(N3CCC(C)CC3)n2)cc1Cl. The number of benzene rings is 1. The molecule has 1 amide bonds. The van der Waals surface area contributed by atoms with Gasteiger partial charge in [0.1, 0.15) is 11.4 Å². The molecule has 0 spiro atoms. The van der Waals surface area contributed by atoms with E-state index in [2.05, 4.69) is 27.1 Å². The van der Waals surface area contributed by atoms with E-state index in [0.29, 0.717) is 28.1 Å². The van der Waals surface area contributed by atoms with E-state index in [1.54, 1.807) is 31.4 Å². The number of hydrogen-bond donors (Lipinski definition) is 1. The number of carbonyl (C=O) groups excluding carboxylic acids is 1. The monoisotopic (exact) mass is 374 g/mol. The molecule has 0 saturated carbocycles. The molecule has 7 heteroatoms. The molecule has 0 aliphatic carbocycles. The van der Waals surface area contributed by atoms with Gasteiger partial charge in [0.2, 0.25) is 5.95 Å². The quantitative estimate of drug-likeness (QED) is 0.878. The van der Waals surface area contributed by atoms with Gasteiger partial charge in [-0.3, -0.25) is 4.79 Å². The van der Waals surface area contributed by atoms with Crippen LogP contribution in [0.1, 0.15) is 35.9 Å². The lowest BCUT2D eigenvalue weighted by Crippen LogP contribution is -2.34. The minimum Gasteiger partial charge on any atom is -0.495 e. The first-order valence-electron chi connectivity index (χ1n) is 8.72. The van der Waals surface area contributed by atoms with Crippen molar-refractivity contribution in [3.63, 3.8) is 0 Å². The van der Waals surface area contributed by atoms with E-state index in [-0.39, 0.29) is 5.91 Å². The molecule has 138 valence electrons. The highest BCUT2D eigenvalue weighted by atomic mass is 35.5. The van der Waals surface area contributed by atoms with Crippen LogP contribution in [0.3, 0.4) is 0 Å². The number of nitrogens with one attached hydrogen (secondary N) is 1. The van der Waals surface area contributed by atoms with E-state index in [0.717, 1.165) is 37.5 Å². The molecule has 1 N–H and O–H groups in total. The second-order valence-corrected chi connectivity index (χ2v) is 7.07. The van der Waals surface area contributed by atoms with Crippen LogP contribution in [0.2, 0.25) is 5.02 Å². The highest BCUT2D eigenvalue weighted by molar-refractivity contribution is 6.32. The van der Waals surface area contributed by atoms with Crippen LogP contribution in [0.5, 0.6) is 5.75 Å². The number of hydrogen-bond acceptors (Lipinski definition) is 5. The van der Waals surface area contributed by atoms with Crippen molar-refractivity contribution in [1.29, 1.82) is 0 Å². The lowest BCUT2D eigenvalue weighted by atomic mass is 10.00. The fraction of sp³-hybridized carbons (Fsp3) is 0.421. The van der Waals surface area contributed by atoms with Crippen LogP contribution in [0, 0.1) is 12.8 Å². The molecule has 0 unspecified atom stereocenters. The lowest BCUT2D eigenvalue weighted by molar-refractivity contribution is 0.102. The molecule has 1 aliphatic heterocycles. The number of piperidine rings is 1. The van der Waals surface area contributed by atoms with Gasteiger partial charge in [0.05, 0.1) is 12.1 Å². The van der Waals surface area contributed by atoms with Gasteiger partial charge in [0, 0.05) is 24.5 Å². The van der Waals surface area contributed by atoms with Crippen molar-refractivity contribution in [2.45, 2.75) is 26.7 Å². The zero-order valence-corrected chi connectivity index (χ0v) is 16.0. The summed E-state index contributed by atoms with van der Waals surface area (Å²) in [4.78, 5) is 23.8. The van der Waals surface area contributed by atoms with Gasteiger partial charge in [0.15, 0.2) is 0 Å². The fourth-order valence-corrected chi connectivity index (χ4v) is 3.22. The number of aryl methyl sites for hydroxylation is 1. The van der Waals surface area contributed by atoms with Gasteiger partial charge in [-0.15, -0.1) is 0 Å². The van der Waals surface area contributed by atoms with E-state index < -0.39 is 0 Å². The number of carbonyl (C=O) groups is 1. The highest BCUT2D eigenvalue weighted by Gasteiger charge is 2.20. The largest absolute Gasteiger partial charge is 0.495 e. The zero-order chi connectivity index (χ0) is 18.7. The first-order chi connectivity index (χ1) is 12.5. The van der Waals surface area contributed by atoms with Gasteiger partial charge >= 0.3 is 0 Å². The molecule has 6 nitrogen and oxygen atoms in total. The van der Waals surface area contributed by atoms with Crippen molar-refractivity contribution in [2.75, 3.05) is 30.4 Å². The summed E-state index contributed by atoms with van der Waals surface area (Å²) in [5, 5.41) is 3.26. The maximum atomic E-state index is 12.6. The predicted octanol–water partition coefficient (Wildman–Crippen LogP) is 3.94. The summed E-state index contributed by atoms with van der Waals surface area (Å²) >= 11 is 6.11. The molecule has 1 aromatic carbocycles. The first kappa shape index (κ1) is 18.5. The lowest BCUT2D eigenvalue weighted by Gasteiger charge is -2.30. The van der Waals surface area contributed by atoms with Gasteiger partial charge in [-0.2, -0.15) is 0 Å². The van der Waals surface area contributed by atoms with Crippen LogP contribution >= 0.6 is 11.6 Å². The number of aromatic nitrogens is 2. The Balaban J connectivity index is 1.78. The number of methoxy groups -OCH3 is 1. The Kier molecular flexibility index (Phi) is 5.61. The Morgan fingerprint density at radius 3 is 2.65 bits per heavy atom. The van der Waals surface area contributed by atoms with Gasteiger partial charge in [0.25, 0.3) is 5.91 Å². The summed E-state index contributed by atoms with van der Waals surface area (Å²) in [6, 6.07) is 6.79. The molecule has 26 heavy (non-hydrogen) atoms. The summed E-state index contributed by atoms with van der Waals surface area (Å²) in [6.45, 7) is 5.96. The highest BCUT2D eigenvalue weighted by Crippen LogP contribution is 2.27. The van der Waals surface area contributed by atoms with Crippen molar-refractivity contribution >= 4 is 29.1 Å². The molecule has 0 radical (unpaired) electrons. The average molecular weight is 375 g/mol. The second kappa shape index (κ2) is 7.91. The Bertz CT molecular complexity index is 804. The van der Waals surface area contributed by atoms with Crippen LogP contribution < -0.4 is 15.0 Å². The number of rotatable bonds is 4. The first-order valence-corrected chi connectivity index (χ1v) is 9.09. The number of nitrogens with zero attached hydrogens (tertiary/aromatic N) is 3. The Morgan fingerprint density at radius 1 is 1.27 bits per heavy atom. The van der Waals surface area contributed by atoms with Gasteiger partial charge in [-0.1, -0.05) is 18.5 Å². The molecular weight excluding hydrogens is 352 g/mol. The zero-order valence-electron chi connectivity index (χ0n) is 15.3. The summed E-state index contributed by atoms with van der Waals surface area (Å²) in [5.41, 5.74) is 1.70. The molecule has 1 saturated heterocycles. The van der Waals surface area contributed by atoms with Gasteiger partial charge in [-0.05, 0) is 49.9 Å². The van der Waals surface area contributed by atoms with E-state index in [9.17, 15) is 4.79 Å². The number of amides is 1. The molecular formula is C19H23ClN4O2. The summed E-state index contributed by atoms with van der Waals surface area (Å²) < 4.78 is 5.12. The van der Waals surface area contributed by atoms with E-state index in [1.807, 2.05) is 6.92 Å². The molecule has 2 heterocycles. The molecule has 1 fully saturated rings. The number of halogens is 1. The second-order valence-electron chi connectivity index (χ2n) is 6.67. The molecule has 1 aliphatic rings. The van der Waals surface area contributed by atoms with Crippen LogP contribution in [-0.4, -0.2) is 36.1 Å². The van der Waals surface area contributed by atoms with Crippen LogP contribution in [0.15, 0.2) is 24.3 Å². The Hall–Kier alpha value is -2.34. The maximum absolute atomic E-state index is 12.6. The number of anilines is 2. The van der Waals surface area contributed by atoms with Crippen LogP contribution in [0.25, 0.3) is 0 Å². The molecule has 1 aromatic heterocycles. The summed E-state index contributed by atoms with van der Waals surface area (Å²) in [6.07, 6.45) is 2.23. The van der Waals surface area contributed by atoms with Crippen LogP contribution in [-0.2, 0) is 0 Å². The fourth-order valence-electron chi connectivity index (χ4n) is 2.96. The normalized spacial score (nSPS) is 15.0. The van der Waals surface area contributed by atoms with Crippen molar-refractivity contribution in [3.05, 3.63) is 40.7 Å². The summed E-state index contributed by atoms with van der Waals surface area (Å²) in [5.74, 6) is 1.61. The van der Waals surface area contributed by atoms with Gasteiger partial charge in [-0.25, -0.2) is 9.97 Å². The standard InChI is InChI=1S/C19H23ClN4O2/c1-12-6-8-24(9-7-12)19-21-13(2)10-16(23-19)18(25)22-14-4-5-17(26-3)15(20)11-14/h4-5,10-12H,6-9H2,1-3H3,(H,22,25). The third kappa shape index (κ3) is 4.25. The van der Waals surface area contributed by atoms with Crippen molar-refractivity contribution in [2.24, 2.45) is 5.92 Å². The van der Waals surface area contributed by atoms with Crippen LogP contribution in [0.4, 0.5) is 11.6 Å². The molecule has 0 atom stereocenters. The van der Waals surface area contributed by atoms with Crippen molar-refractivity contribution < 1.29 is 9.53 Å². The molecule has 2 aromatic rings. The minimum atomic E-state index is -0.289. The third-order valence-corrected chi connectivity index (χ3v) is 4.85. The maximum Gasteiger partial charge on any atom is 0.274 e. The smallest absolute Gasteiger partial charge is 0.274 e. The topological polar surface area (TPSA) is 67.3 Å². The third-order valence-electron chi connectivity index (χ3n) is 4.55. The molecule has 0 bridgehead atoms.